The van der Waals surface area contributed by atoms with E-state index in [2.05, 4.69) is 18.7 Å². The molecule has 2 heterocycles. The van der Waals surface area contributed by atoms with Crippen LogP contribution in [-0.2, 0) is 10.2 Å². The van der Waals surface area contributed by atoms with Crippen molar-refractivity contribution in [1.29, 1.82) is 0 Å². The average Bonchev–Trinajstić information content (AvgIpc) is 2.47. The Hall–Kier alpha value is -0.210. The molecule has 0 saturated carbocycles. The Kier molecular flexibility index (Phi) is 5.42. The molecule has 0 aromatic rings. The summed E-state index contributed by atoms with van der Waals surface area (Å²) in [6.45, 7) is 8.16. The first kappa shape index (κ1) is 16.2. The fraction of sp³-hybridized carbons (Fsp3) is 1.00. The second-order valence-corrected chi connectivity index (χ2v) is 7.91. The molecule has 0 spiro atoms. The van der Waals surface area contributed by atoms with Crippen LogP contribution in [0, 0.1) is 0 Å². The summed E-state index contributed by atoms with van der Waals surface area (Å²) in [4.78, 5) is 2.32. The van der Waals surface area contributed by atoms with E-state index >= 15 is 0 Å². The molecule has 118 valence electrons. The van der Waals surface area contributed by atoms with Crippen molar-refractivity contribution < 1.29 is 8.42 Å². The first-order valence-corrected chi connectivity index (χ1v) is 9.07. The zero-order valence-corrected chi connectivity index (χ0v) is 13.5. The molecule has 2 aliphatic rings. The van der Waals surface area contributed by atoms with Crippen molar-refractivity contribution in [3.63, 3.8) is 0 Å². The predicted molar refractivity (Wildman–Crippen MR) is 80.6 cm³/mol. The molecule has 0 amide bonds. The van der Waals surface area contributed by atoms with Crippen LogP contribution in [0.3, 0.4) is 0 Å². The van der Waals surface area contributed by atoms with Crippen molar-refractivity contribution in [2.75, 3.05) is 39.3 Å². The minimum Gasteiger partial charge on any atom is -0.329 e. The molecule has 2 saturated heterocycles. The number of hydrogen-bond acceptors (Lipinski definition) is 4. The van der Waals surface area contributed by atoms with Crippen LogP contribution in [0.15, 0.2) is 0 Å². The average molecular weight is 304 g/mol. The lowest BCUT2D eigenvalue weighted by Gasteiger charge is -2.41. The third-order valence-electron chi connectivity index (χ3n) is 4.47. The maximum Gasteiger partial charge on any atom is 0.282 e. The van der Waals surface area contributed by atoms with E-state index in [4.69, 9.17) is 5.73 Å². The lowest BCUT2D eigenvalue weighted by atomic mass is 10.1. The van der Waals surface area contributed by atoms with Gasteiger partial charge in [-0.3, -0.25) is 4.90 Å². The number of nitrogens with two attached hydrogens (primary N) is 1. The zero-order valence-electron chi connectivity index (χ0n) is 12.7. The van der Waals surface area contributed by atoms with E-state index in [1.807, 2.05) is 0 Å². The topological polar surface area (TPSA) is 69.9 Å². The van der Waals surface area contributed by atoms with Crippen LogP contribution in [0.5, 0.6) is 0 Å². The van der Waals surface area contributed by atoms with Crippen LogP contribution >= 0.6 is 0 Å². The monoisotopic (exact) mass is 304 g/mol. The van der Waals surface area contributed by atoms with E-state index in [0.29, 0.717) is 32.2 Å². The number of nitrogens with zero attached hydrogens (tertiary/aromatic N) is 3. The zero-order chi connectivity index (χ0) is 14.8. The highest BCUT2D eigenvalue weighted by Crippen LogP contribution is 2.23. The molecule has 2 N–H and O–H groups in total. The second kappa shape index (κ2) is 6.70. The summed E-state index contributed by atoms with van der Waals surface area (Å²) < 4.78 is 28.8. The van der Waals surface area contributed by atoms with Gasteiger partial charge < -0.3 is 5.73 Å². The number of hydrogen-bond donors (Lipinski definition) is 1. The van der Waals surface area contributed by atoms with Crippen molar-refractivity contribution in [1.82, 2.24) is 13.5 Å². The van der Waals surface area contributed by atoms with Crippen LogP contribution in [0.1, 0.15) is 33.1 Å². The van der Waals surface area contributed by atoms with Crippen LogP contribution in [-0.4, -0.2) is 73.3 Å². The van der Waals surface area contributed by atoms with Gasteiger partial charge in [0.25, 0.3) is 10.2 Å². The van der Waals surface area contributed by atoms with Gasteiger partial charge in [0.2, 0.25) is 0 Å². The molecule has 2 fully saturated rings. The maximum atomic E-state index is 12.8. The van der Waals surface area contributed by atoms with Crippen LogP contribution in [0.2, 0.25) is 0 Å². The van der Waals surface area contributed by atoms with Gasteiger partial charge in [0, 0.05) is 51.4 Å². The van der Waals surface area contributed by atoms with E-state index in [1.165, 1.54) is 0 Å². The van der Waals surface area contributed by atoms with E-state index in [0.717, 1.165) is 32.4 Å². The summed E-state index contributed by atoms with van der Waals surface area (Å²) in [6, 6.07) is 0.462. The van der Waals surface area contributed by atoms with Crippen molar-refractivity contribution in [2.45, 2.75) is 45.2 Å². The molecule has 0 aliphatic carbocycles. The van der Waals surface area contributed by atoms with Crippen molar-refractivity contribution in [3.8, 4) is 0 Å². The molecule has 6 nitrogen and oxygen atoms in total. The summed E-state index contributed by atoms with van der Waals surface area (Å²) in [5.41, 5.74) is 5.75. The Morgan fingerprint density at radius 3 is 2.30 bits per heavy atom. The van der Waals surface area contributed by atoms with E-state index in [1.54, 1.807) is 8.61 Å². The SMILES string of the molecule is CC(C)N1CCN(S(=O)(=O)N2CCCCC2CN)CC1. The van der Waals surface area contributed by atoms with Gasteiger partial charge in [-0.25, -0.2) is 0 Å². The number of piperidine rings is 1. The molecular formula is C13H28N4O2S. The largest absolute Gasteiger partial charge is 0.329 e. The lowest BCUT2D eigenvalue weighted by molar-refractivity contribution is 0.143. The van der Waals surface area contributed by atoms with Gasteiger partial charge in [0.05, 0.1) is 0 Å². The highest BCUT2D eigenvalue weighted by atomic mass is 32.2. The number of piperazine rings is 1. The molecular weight excluding hydrogens is 276 g/mol. The van der Waals surface area contributed by atoms with Crippen molar-refractivity contribution in [3.05, 3.63) is 0 Å². The first-order valence-electron chi connectivity index (χ1n) is 7.68. The molecule has 2 rings (SSSR count). The Balaban J connectivity index is 2.03. The van der Waals surface area contributed by atoms with Crippen LogP contribution in [0.25, 0.3) is 0 Å². The van der Waals surface area contributed by atoms with E-state index < -0.39 is 10.2 Å². The van der Waals surface area contributed by atoms with Crippen LogP contribution < -0.4 is 5.73 Å². The standard InChI is InChI=1S/C13H28N4O2S/c1-12(2)15-7-9-16(10-8-15)20(18,19)17-6-4-3-5-13(17)11-14/h12-13H,3-11,14H2,1-2H3. The molecule has 7 heteroatoms. The fourth-order valence-electron chi connectivity index (χ4n) is 3.11. The first-order chi connectivity index (χ1) is 9.46. The Bertz CT molecular complexity index is 405. The molecule has 1 unspecified atom stereocenters. The molecule has 2 aliphatic heterocycles. The van der Waals surface area contributed by atoms with Gasteiger partial charge in [-0.1, -0.05) is 6.42 Å². The van der Waals surface area contributed by atoms with Crippen LogP contribution in [0.4, 0.5) is 0 Å². The summed E-state index contributed by atoms with van der Waals surface area (Å²) in [5.74, 6) is 0. The highest BCUT2D eigenvalue weighted by Gasteiger charge is 2.37. The predicted octanol–water partition coefficient (Wildman–Crippen LogP) is 0.0704. The maximum absolute atomic E-state index is 12.8. The fourth-order valence-corrected chi connectivity index (χ4v) is 4.96. The van der Waals surface area contributed by atoms with E-state index in [-0.39, 0.29) is 6.04 Å². The second-order valence-electron chi connectivity index (χ2n) is 6.03. The molecule has 1 atom stereocenters. The van der Waals surface area contributed by atoms with Crippen molar-refractivity contribution in [2.24, 2.45) is 5.73 Å². The minimum absolute atomic E-state index is 0.0168. The normalized spacial score (nSPS) is 28.1. The minimum atomic E-state index is -3.34. The van der Waals surface area contributed by atoms with Gasteiger partial charge >= 0.3 is 0 Å². The third-order valence-corrected chi connectivity index (χ3v) is 6.56. The lowest BCUT2D eigenvalue weighted by Crippen LogP contribution is -2.57. The van der Waals surface area contributed by atoms with Crippen molar-refractivity contribution >= 4 is 10.2 Å². The number of rotatable bonds is 4. The summed E-state index contributed by atoms with van der Waals surface area (Å²) >= 11 is 0. The molecule has 0 aromatic heterocycles. The smallest absolute Gasteiger partial charge is 0.282 e. The summed E-state index contributed by atoms with van der Waals surface area (Å²) in [7, 11) is -3.34. The van der Waals surface area contributed by atoms with Gasteiger partial charge in [0.1, 0.15) is 0 Å². The summed E-state index contributed by atoms with van der Waals surface area (Å²) in [6.07, 6.45) is 2.92. The Labute approximate surface area is 123 Å². The quantitative estimate of drug-likeness (QED) is 0.798. The molecule has 0 aromatic carbocycles. The van der Waals surface area contributed by atoms with Gasteiger partial charge in [-0.2, -0.15) is 17.0 Å². The van der Waals surface area contributed by atoms with Gasteiger partial charge in [0.15, 0.2) is 0 Å². The van der Waals surface area contributed by atoms with Gasteiger partial charge in [-0.05, 0) is 26.7 Å². The highest BCUT2D eigenvalue weighted by molar-refractivity contribution is 7.86. The molecule has 0 radical (unpaired) electrons. The summed E-state index contributed by atoms with van der Waals surface area (Å²) in [5, 5.41) is 0. The molecule has 0 bridgehead atoms. The van der Waals surface area contributed by atoms with Gasteiger partial charge in [-0.15, -0.1) is 0 Å². The van der Waals surface area contributed by atoms with E-state index in [9.17, 15) is 8.42 Å². The third kappa shape index (κ3) is 3.33. The Morgan fingerprint density at radius 2 is 1.75 bits per heavy atom. The Morgan fingerprint density at radius 1 is 1.10 bits per heavy atom. The molecule has 20 heavy (non-hydrogen) atoms.